The molecular weight excluding hydrogens is 252 g/mol. The lowest BCUT2D eigenvalue weighted by atomic mass is 10.0. The number of aliphatic imine (C=N–C) groups is 1. The molecule has 1 heterocycles. The summed E-state index contributed by atoms with van der Waals surface area (Å²) in [6, 6.07) is 5.67. The van der Waals surface area contributed by atoms with Crippen LogP contribution in [-0.2, 0) is 0 Å². The first-order valence-electron chi connectivity index (χ1n) is 6.24. The molecule has 1 aliphatic rings. The molecule has 0 saturated heterocycles. The summed E-state index contributed by atoms with van der Waals surface area (Å²) >= 11 is 0. The van der Waals surface area contributed by atoms with Gasteiger partial charge in [0, 0.05) is 5.56 Å². The number of rotatable bonds is 4. The number of halogens is 2. The largest absolute Gasteiger partial charge is 0.492 e. The average Bonchev–Trinajstić information content (AvgIpc) is 2.38. The maximum absolute atomic E-state index is 12.2. The molecule has 6 heteroatoms. The van der Waals surface area contributed by atoms with E-state index in [9.17, 15) is 8.78 Å². The Balaban J connectivity index is 2.28. The van der Waals surface area contributed by atoms with Crippen molar-refractivity contribution in [3.05, 3.63) is 23.8 Å². The summed E-state index contributed by atoms with van der Waals surface area (Å²) < 4.78 is 29.9. The van der Waals surface area contributed by atoms with E-state index in [0.29, 0.717) is 24.0 Å². The van der Waals surface area contributed by atoms with Gasteiger partial charge in [0.15, 0.2) is 5.96 Å². The third-order valence-electron chi connectivity index (χ3n) is 2.80. The minimum Gasteiger partial charge on any atom is -0.492 e. The number of para-hydroxylation sites is 1. The van der Waals surface area contributed by atoms with E-state index in [0.717, 1.165) is 5.56 Å². The minimum absolute atomic E-state index is 0.00641. The summed E-state index contributed by atoms with van der Waals surface area (Å²) in [6.45, 7) is 3.95. The van der Waals surface area contributed by atoms with E-state index >= 15 is 0 Å². The number of benzene rings is 1. The summed E-state index contributed by atoms with van der Waals surface area (Å²) in [5, 5.41) is 5.64. The maximum Gasteiger partial charge on any atom is 0.255 e. The summed E-state index contributed by atoms with van der Waals surface area (Å²) in [6.07, 6.45) is -2.41. The lowest BCUT2D eigenvalue weighted by molar-refractivity contribution is 0.152. The molecular formula is C13H17F2N3O. The van der Waals surface area contributed by atoms with E-state index in [1.165, 1.54) is 0 Å². The summed E-state index contributed by atoms with van der Waals surface area (Å²) in [4.78, 5) is 4.32. The number of fused-ring (bicyclic) bond motifs is 1. The fourth-order valence-corrected chi connectivity index (χ4v) is 1.97. The second-order valence-electron chi connectivity index (χ2n) is 4.23. The Morgan fingerprint density at radius 3 is 2.95 bits per heavy atom. The van der Waals surface area contributed by atoms with E-state index in [1.54, 1.807) is 0 Å². The van der Waals surface area contributed by atoms with Crippen LogP contribution in [0.5, 0.6) is 5.75 Å². The number of ether oxygens (including phenoxy) is 1. The summed E-state index contributed by atoms with van der Waals surface area (Å²) in [5.41, 5.74) is 1.70. The van der Waals surface area contributed by atoms with Crippen LogP contribution in [0, 0.1) is 0 Å². The number of guanidine groups is 1. The van der Waals surface area contributed by atoms with Gasteiger partial charge in [-0.05, 0) is 19.9 Å². The van der Waals surface area contributed by atoms with E-state index in [4.69, 9.17) is 4.74 Å². The van der Waals surface area contributed by atoms with Gasteiger partial charge in [0.1, 0.15) is 11.4 Å². The molecule has 2 N–H and O–H groups in total. The second kappa shape index (κ2) is 5.86. The highest BCUT2D eigenvalue weighted by Gasteiger charge is 2.21. The van der Waals surface area contributed by atoms with Crippen LogP contribution in [0.2, 0.25) is 0 Å². The fraction of sp³-hybridized carbons (Fsp3) is 0.462. The van der Waals surface area contributed by atoms with Crippen molar-refractivity contribution in [2.75, 3.05) is 13.2 Å². The molecule has 0 amide bonds. The van der Waals surface area contributed by atoms with Crippen molar-refractivity contribution in [1.82, 2.24) is 10.6 Å². The van der Waals surface area contributed by atoms with Crippen molar-refractivity contribution < 1.29 is 13.5 Å². The maximum atomic E-state index is 12.2. The van der Waals surface area contributed by atoms with E-state index < -0.39 is 13.0 Å². The van der Waals surface area contributed by atoms with Crippen molar-refractivity contribution in [1.29, 1.82) is 0 Å². The van der Waals surface area contributed by atoms with Gasteiger partial charge in [-0.15, -0.1) is 0 Å². The summed E-state index contributed by atoms with van der Waals surface area (Å²) in [5.74, 6) is 1.03. The van der Waals surface area contributed by atoms with Gasteiger partial charge < -0.3 is 15.4 Å². The lowest BCUT2D eigenvalue weighted by Gasteiger charge is -2.25. The first-order valence-corrected chi connectivity index (χ1v) is 6.24. The predicted octanol–water partition coefficient (Wildman–Crippen LogP) is 2.59. The van der Waals surface area contributed by atoms with Gasteiger partial charge >= 0.3 is 0 Å². The third-order valence-corrected chi connectivity index (χ3v) is 2.80. The van der Waals surface area contributed by atoms with Crippen molar-refractivity contribution >= 4 is 11.6 Å². The third kappa shape index (κ3) is 3.13. The summed E-state index contributed by atoms with van der Waals surface area (Å²) in [7, 11) is 0. The highest BCUT2D eigenvalue weighted by atomic mass is 19.3. The molecule has 2 rings (SSSR count). The first-order chi connectivity index (χ1) is 9.11. The Bertz CT molecular complexity index is 477. The molecule has 4 nitrogen and oxygen atoms in total. The van der Waals surface area contributed by atoms with Crippen molar-refractivity contribution in [2.24, 2.45) is 4.99 Å². The van der Waals surface area contributed by atoms with Crippen LogP contribution >= 0.6 is 0 Å². The van der Waals surface area contributed by atoms with E-state index in [2.05, 4.69) is 15.6 Å². The second-order valence-corrected chi connectivity index (χ2v) is 4.23. The number of nitrogens with one attached hydrogen (secondary N) is 2. The Kier molecular flexibility index (Phi) is 4.19. The van der Waals surface area contributed by atoms with E-state index in [-0.39, 0.29) is 6.04 Å². The predicted molar refractivity (Wildman–Crippen MR) is 70.3 cm³/mol. The van der Waals surface area contributed by atoms with Crippen LogP contribution in [-0.4, -0.2) is 25.5 Å². The SMILES string of the molecule is CCOc1cccc2c1N=C(NCC(F)F)NC2C. The fourth-order valence-electron chi connectivity index (χ4n) is 1.97. The van der Waals surface area contributed by atoms with Crippen LogP contribution < -0.4 is 15.4 Å². The molecule has 1 unspecified atom stereocenters. The number of hydrogen-bond donors (Lipinski definition) is 2. The van der Waals surface area contributed by atoms with Gasteiger partial charge in [-0.2, -0.15) is 0 Å². The monoisotopic (exact) mass is 269 g/mol. The van der Waals surface area contributed by atoms with Gasteiger partial charge in [0.05, 0.1) is 19.2 Å². The van der Waals surface area contributed by atoms with Crippen LogP contribution in [0.1, 0.15) is 25.5 Å². The lowest BCUT2D eigenvalue weighted by Crippen LogP contribution is -2.42. The topological polar surface area (TPSA) is 45.6 Å². The molecule has 0 saturated carbocycles. The average molecular weight is 269 g/mol. The number of hydrogen-bond acceptors (Lipinski definition) is 4. The Morgan fingerprint density at radius 2 is 2.26 bits per heavy atom. The zero-order valence-electron chi connectivity index (χ0n) is 10.9. The van der Waals surface area contributed by atoms with Crippen LogP contribution in [0.15, 0.2) is 23.2 Å². The van der Waals surface area contributed by atoms with Crippen molar-refractivity contribution in [3.8, 4) is 5.75 Å². The quantitative estimate of drug-likeness (QED) is 0.883. The van der Waals surface area contributed by atoms with Gasteiger partial charge in [-0.25, -0.2) is 13.8 Å². The molecule has 0 spiro atoms. The highest BCUT2D eigenvalue weighted by Crippen LogP contribution is 2.37. The molecule has 0 aromatic heterocycles. The van der Waals surface area contributed by atoms with Gasteiger partial charge in [-0.1, -0.05) is 12.1 Å². The molecule has 0 bridgehead atoms. The van der Waals surface area contributed by atoms with Crippen molar-refractivity contribution in [2.45, 2.75) is 26.3 Å². The number of nitrogens with zero attached hydrogens (tertiary/aromatic N) is 1. The molecule has 1 aromatic rings. The minimum atomic E-state index is -2.41. The van der Waals surface area contributed by atoms with Gasteiger partial charge in [0.25, 0.3) is 6.43 Å². The Hall–Kier alpha value is -1.85. The molecule has 0 fully saturated rings. The van der Waals surface area contributed by atoms with Crippen LogP contribution in [0.25, 0.3) is 0 Å². The standard InChI is InChI=1S/C13H17F2N3O/c1-3-19-10-6-4-5-9-8(2)17-13(18-12(9)10)16-7-11(14)15/h4-6,8,11H,3,7H2,1-2H3,(H2,16,17,18). The Morgan fingerprint density at radius 1 is 1.47 bits per heavy atom. The Labute approximate surface area is 110 Å². The molecule has 0 radical (unpaired) electrons. The molecule has 19 heavy (non-hydrogen) atoms. The molecule has 1 atom stereocenters. The first kappa shape index (κ1) is 13.6. The number of alkyl halides is 2. The van der Waals surface area contributed by atoms with Crippen LogP contribution in [0.4, 0.5) is 14.5 Å². The highest BCUT2D eigenvalue weighted by molar-refractivity contribution is 5.87. The smallest absolute Gasteiger partial charge is 0.255 e. The van der Waals surface area contributed by atoms with Crippen molar-refractivity contribution in [3.63, 3.8) is 0 Å². The molecule has 1 aromatic carbocycles. The molecule has 104 valence electrons. The normalized spacial score (nSPS) is 17.5. The molecule has 1 aliphatic heterocycles. The zero-order valence-corrected chi connectivity index (χ0v) is 10.9. The van der Waals surface area contributed by atoms with Gasteiger partial charge in [0.2, 0.25) is 0 Å². The van der Waals surface area contributed by atoms with Gasteiger partial charge in [-0.3, -0.25) is 0 Å². The molecule has 0 aliphatic carbocycles. The van der Waals surface area contributed by atoms with Crippen LogP contribution in [0.3, 0.4) is 0 Å². The zero-order chi connectivity index (χ0) is 13.8. The van der Waals surface area contributed by atoms with E-state index in [1.807, 2.05) is 32.0 Å².